The van der Waals surface area contributed by atoms with E-state index in [9.17, 15) is 0 Å². The fraction of sp³-hybridized carbons (Fsp3) is 0.333. The minimum atomic E-state index is -0.129. The van der Waals surface area contributed by atoms with Crippen molar-refractivity contribution in [3.05, 3.63) is 64.7 Å². The van der Waals surface area contributed by atoms with Crippen molar-refractivity contribution in [2.45, 2.75) is 39.8 Å². The number of hydrogen-bond donors (Lipinski definition) is 1. The number of hydrogen-bond acceptors (Lipinski definition) is 2. The van der Waals surface area contributed by atoms with Crippen molar-refractivity contribution in [1.29, 1.82) is 0 Å². The van der Waals surface area contributed by atoms with Crippen LogP contribution >= 0.6 is 0 Å². The second-order valence-corrected chi connectivity index (χ2v) is 5.51. The molecule has 0 aliphatic heterocycles. The van der Waals surface area contributed by atoms with Gasteiger partial charge >= 0.3 is 0 Å². The second kappa shape index (κ2) is 6.10. The summed E-state index contributed by atoms with van der Waals surface area (Å²) in [5, 5.41) is 0. The fourth-order valence-corrected chi connectivity index (χ4v) is 2.31. The molecule has 2 aromatic rings. The van der Waals surface area contributed by atoms with Crippen LogP contribution < -0.4 is 10.5 Å². The molecule has 2 rings (SSSR count). The first-order chi connectivity index (χ1) is 9.49. The van der Waals surface area contributed by atoms with Crippen molar-refractivity contribution in [2.24, 2.45) is 5.73 Å². The topological polar surface area (TPSA) is 35.2 Å². The molecule has 0 bridgehead atoms. The predicted molar refractivity (Wildman–Crippen MR) is 84.1 cm³/mol. The number of benzene rings is 2. The lowest BCUT2D eigenvalue weighted by Crippen LogP contribution is -2.29. The molecule has 0 heterocycles. The first kappa shape index (κ1) is 14.6. The molecule has 2 N–H and O–H groups in total. The Kier molecular flexibility index (Phi) is 4.46. The number of nitrogens with two attached hydrogens (primary N) is 1. The first-order valence-electron chi connectivity index (χ1n) is 7.04. The molecule has 0 aromatic heterocycles. The summed E-state index contributed by atoms with van der Waals surface area (Å²) in [6.45, 7) is 8.24. The first-order valence-corrected chi connectivity index (χ1v) is 7.04. The Morgan fingerprint density at radius 1 is 1.00 bits per heavy atom. The van der Waals surface area contributed by atoms with E-state index in [0.29, 0.717) is 0 Å². The van der Waals surface area contributed by atoms with Crippen molar-refractivity contribution in [1.82, 2.24) is 0 Å². The van der Waals surface area contributed by atoms with Gasteiger partial charge in [-0.1, -0.05) is 42.0 Å². The van der Waals surface area contributed by atoms with Crippen molar-refractivity contribution in [3.8, 4) is 5.75 Å². The monoisotopic (exact) mass is 269 g/mol. The lowest BCUT2D eigenvalue weighted by atomic mass is 10.0. The predicted octanol–water partition coefficient (Wildman–Crippen LogP) is 4.08. The molecule has 0 radical (unpaired) electrons. The molecule has 0 spiro atoms. The average molecular weight is 269 g/mol. The van der Waals surface area contributed by atoms with Gasteiger partial charge in [-0.3, -0.25) is 0 Å². The van der Waals surface area contributed by atoms with E-state index in [-0.39, 0.29) is 12.1 Å². The maximum absolute atomic E-state index is 6.20. The molecule has 2 aromatic carbocycles. The average Bonchev–Trinajstić information content (AvgIpc) is 2.40. The molecule has 0 saturated carbocycles. The smallest absolute Gasteiger partial charge is 0.138 e. The van der Waals surface area contributed by atoms with Crippen LogP contribution in [-0.2, 0) is 0 Å². The highest BCUT2D eigenvalue weighted by atomic mass is 16.5. The van der Waals surface area contributed by atoms with Crippen LogP contribution in [0.3, 0.4) is 0 Å². The van der Waals surface area contributed by atoms with E-state index in [1.165, 1.54) is 16.7 Å². The largest absolute Gasteiger partial charge is 0.484 e. The van der Waals surface area contributed by atoms with E-state index in [1.807, 2.05) is 25.1 Å². The fourth-order valence-electron chi connectivity index (χ4n) is 2.31. The number of rotatable bonds is 4. The molecule has 0 saturated heterocycles. The zero-order valence-electron chi connectivity index (χ0n) is 12.7. The third kappa shape index (κ3) is 3.20. The Bertz CT molecular complexity index is 590. The van der Waals surface area contributed by atoms with Crippen molar-refractivity contribution in [2.75, 3.05) is 0 Å². The molecule has 106 valence electrons. The van der Waals surface area contributed by atoms with Crippen molar-refractivity contribution < 1.29 is 4.74 Å². The van der Waals surface area contributed by atoms with Gasteiger partial charge in [0.1, 0.15) is 11.9 Å². The quantitative estimate of drug-likeness (QED) is 0.907. The minimum absolute atomic E-state index is 0.0725. The molecule has 2 nitrogen and oxygen atoms in total. The van der Waals surface area contributed by atoms with Crippen molar-refractivity contribution >= 4 is 0 Å². The molecule has 0 aliphatic rings. The zero-order valence-corrected chi connectivity index (χ0v) is 12.7. The van der Waals surface area contributed by atoms with Gasteiger partial charge in [-0.05, 0) is 50.5 Å². The van der Waals surface area contributed by atoms with E-state index in [1.54, 1.807) is 0 Å². The molecular formula is C18H23NO. The van der Waals surface area contributed by atoms with Gasteiger partial charge in [0.25, 0.3) is 0 Å². The van der Waals surface area contributed by atoms with Crippen LogP contribution in [0.4, 0.5) is 0 Å². The van der Waals surface area contributed by atoms with E-state index in [0.717, 1.165) is 11.3 Å². The van der Waals surface area contributed by atoms with Gasteiger partial charge in [0, 0.05) is 6.04 Å². The van der Waals surface area contributed by atoms with Crippen LogP contribution in [0.5, 0.6) is 5.75 Å². The Labute approximate surface area is 121 Å². The van der Waals surface area contributed by atoms with Gasteiger partial charge in [0.2, 0.25) is 0 Å². The standard InChI is InChI=1S/C18H23NO/c1-12-7-5-9-16(11-12)18(15(4)19)20-17-10-6-8-13(2)14(17)3/h5-11,15,18H,19H2,1-4H3. The van der Waals surface area contributed by atoms with Gasteiger partial charge in [-0.2, -0.15) is 0 Å². The molecule has 0 amide bonds. The van der Waals surface area contributed by atoms with Crippen LogP contribution in [-0.4, -0.2) is 6.04 Å². The van der Waals surface area contributed by atoms with E-state index < -0.39 is 0 Å². The van der Waals surface area contributed by atoms with Gasteiger partial charge in [-0.15, -0.1) is 0 Å². The highest BCUT2D eigenvalue weighted by Gasteiger charge is 2.19. The maximum atomic E-state index is 6.20. The molecule has 2 heteroatoms. The molecular weight excluding hydrogens is 246 g/mol. The second-order valence-electron chi connectivity index (χ2n) is 5.51. The van der Waals surface area contributed by atoms with Crippen LogP contribution in [0.2, 0.25) is 0 Å². The summed E-state index contributed by atoms with van der Waals surface area (Å²) in [7, 11) is 0. The normalized spacial score (nSPS) is 13.8. The summed E-state index contributed by atoms with van der Waals surface area (Å²) in [5.41, 5.74) is 10.9. The zero-order chi connectivity index (χ0) is 14.7. The third-order valence-corrected chi connectivity index (χ3v) is 3.66. The Hall–Kier alpha value is -1.80. The summed E-state index contributed by atoms with van der Waals surface area (Å²) >= 11 is 0. The van der Waals surface area contributed by atoms with Gasteiger partial charge in [0.15, 0.2) is 0 Å². The molecule has 20 heavy (non-hydrogen) atoms. The Morgan fingerprint density at radius 2 is 1.70 bits per heavy atom. The molecule has 0 fully saturated rings. The summed E-state index contributed by atoms with van der Waals surface area (Å²) in [6, 6.07) is 14.4. The van der Waals surface area contributed by atoms with E-state index >= 15 is 0 Å². The third-order valence-electron chi connectivity index (χ3n) is 3.66. The van der Waals surface area contributed by atoms with Gasteiger partial charge < -0.3 is 10.5 Å². The van der Waals surface area contributed by atoms with E-state index in [2.05, 4.69) is 45.0 Å². The number of aryl methyl sites for hydroxylation is 2. The van der Waals surface area contributed by atoms with Gasteiger partial charge in [-0.25, -0.2) is 0 Å². The molecule has 2 unspecified atom stereocenters. The van der Waals surface area contributed by atoms with Crippen LogP contribution in [0, 0.1) is 20.8 Å². The minimum Gasteiger partial charge on any atom is -0.484 e. The highest BCUT2D eigenvalue weighted by Crippen LogP contribution is 2.28. The highest BCUT2D eigenvalue weighted by molar-refractivity contribution is 5.39. The lowest BCUT2D eigenvalue weighted by Gasteiger charge is -2.24. The van der Waals surface area contributed by atoms with Crippen LogP contribution in [0.15, 0.2) is 42.5 Å². The summed E-state index contributed by atoms with van der Waals surface area (Å²) in [5.74, 6) is 0.911. The SMILES string of the molecule is Cc1cccc(C(Oc2cccc(C)c2C)C(C)N)c1. The van der Waals surface area contributed by atoms with E-state index in [4.69, 9.17) is 10.5 Å². The van der Waals surface area contributed by atoms with Crippen molar-refractivity contribution in [3.63, 3.8) is 0 Å². The summed E-state index contributed by atoms with van der Waals surface area (Å²) in [4.78, 5) is 0. The molecule has 0 aliphatic carbocycles. The summed E-state index contributed by atoms with van der Waals surface area (Å²) in [6.07, 6.45) is -0.129. The Balaban J connectivity index is 2.33. The van der Waals surface area contributed by atoms with Crippen LogP contribution in [0.1, 0.15) is 35.3 Å². The molecule has 2 atom stereocenters. The maximum Gasteiger partial charge on any atom is 0.138 e. The van der Waals surface area contributed by atoms with Crippen LogP contribution in [0.25, 0.3) is 0 Å². The van der Waals surface area contributed by atoms with Gasteiger partial charge in [0.05, 0.1) is 0 Å². The number of ether oxygens (including phenoxy) is 1. The summed E-state index contributed by atoms with van der Waals surface area (Å²) < 4.78 is 6.20. The Morgan fingerprint density at radius 3 is 2.35 bits per heavy atom. The lowest BCUT2D eigenvalue weighted by molar-refractivity contribution is 0.179.